The van der Waals surface area contributed by atoms with E-state index in [9.17, 15) is 0 Å². The molecule has 0 unspecified atom stereocenters. The number of rotatable bonds is 4. The molecule has 9 rings (SSSR count). The number of nitrogens with zero attached hydrogens (tertiary/aromatic N) is 3. The second kappa shape index (κ2) is 10.5. The Balaban J connectivity index is 1.31. The van der Waals surface area contributed by atoms with Crippen LogP contribution in [-0.4, -0.2) is 14.5 Å². The Morgan fingerprint density at radius 2 is 1.20 bits per heavy atom. The second-order valence-electron chi connectivity index (χ2n) is 11.9. The van der Waals surface area contributed by atoms with Crippen molar-refractivity contribution >= 4 is 43.4 Å². The maximum Gasteiger partial charge on any atom is 0.160 e. The molecule has 0 saturated carbocycles. The summed E-state index contributed by atoms with van der Waals surface area (Å²) in [5.41, 5.74) is 9.98. The van der Waals surface area contributed by atoms with Crippen LogP contribution in [0.25, 0.3) is 82.8 Å². The molecule has 0 amide bonds. The van der Waals surface area contributed by atoms with Gasteiger partial charge < -0.3 is 4.57 Å². The van der Waals surface area contributed by atoms with Crippen LogP contribution in [0.15, 0.2) is 158 Å². The topological polar surface area (TPSA) is 30.7 Å². The first kappa shape index (κ1) is 26.4. The van der Waals surface area contributed by atoms with E-state index in [4.69, 9.17) is 9.97 Å². The van der Waals surface area contributed by atoms with Crippen molar-refractivity contribution in [2.24, 2.45) is 0 Å². The summed E-state index contributed by atoms with van der Waals surface area (Å²) in [4.78, 5) is 9.93. The summed E-state index contributed by atoms with van der Waals surface area (Å²) in [6, 6.07) is 54.1. The highest BCUT2D eigenvalue weighted by Crippen LogP contribution is 2.42. The molecule has 3 nitrogen and oxygen atoms in total. The van der Waals surface area contributed by atoms with Crippen LogP contribution in [0.5, 0.6) is 0 Å². The molecular formula is C43H29N3. The lowest BCUT2D eigenvalue weighted by atomic mass is 9.94. The number of hydrogen-bond acceptors (Lipinski definition) is 2. The zero-order valence-corrected chi connectivity index (χ0v) is 25.4. The summed E-state index contributed by atoms with van der Waals surface area (Å²) in [6.07, 6.45) is 1.94. The van der Waals surface area contributed by atoms with Crippen LogP contribution in [-0.2, 0) is 0 Å². The molecular weight excluding hydrogens is 558 g/mol. The molecule has 0 fully saturated rings. The van der Waals surface area contributed by atoms with Gasteiger partial charge in [0.25, 0.3) is 0 Å². The molecule has 7 aromatic carbocycles. The van der Waals surface area contributed by atoms with Gasteiger partial charge in [0.15, 0.2) is 5.82 Å². The standard InChI is InChI=1S/C43H29N3/c1-28-27-44-43(45-41(28)31-13-4-2-5-14-31)36-19-11-10-17-34(36)32-21-20-30-23-25-39-40(38(30)26-32)37-24-22-29-12-8-9-18-35(29)42(37)46(39)33-15-6-3-7-16-33/h2-27H,1H3. The average molecular weight is 588 g/mol. The minimum Gasteiger partial charge on any atom is -0.309 e. The molecule has 46 heavy (non-hydrogen) atoms. The van der Waals surface area contributed by atoms with E-state index in [2.05, 4.69) is 157 Å². The number of hydrogen-bond donors (Lipinski definition) is 0. The lowest BCUT2D eigenvalue weighted by Gasteiger charge is -2.13. The molecule has 0 N–H and O–H groups in total. The van der Waals surface area contributed by atoms with E-state index in [-0.39, 0.29) is 0 Å². The zero-order chi connectivity index (χ0) is 30.6. The molecule has 0 aliphatic carbocycles. The van der Waals surface area contributed by atoms with Gasteiger partial charge in [0.1, 0.15) is 0 Å². The first-order valence-electron chi connectivity index (χ1n) is 15.7. The SMILES string of the molecule is Cc1cnc(-c2ccccc2-c2ccc3ccc4c(c3c2)c2ccc3ccccc3c2n4-c2ccccc2)nc1-c1ccccc1. The molecule has 216 valence electrons. The summed E-state index contributed by atoms with van der Waals surface area (Å²) in [5, 5.41) is 7.45. The van der Waals surface area contributed by atoms with E-state index < -0.39 is 0 Å². The van der Waals surface area contributed by atoms with E-state index >= 15 is 0 Å². The van der Waals surface area contributed by atoms with Crippen LogP contribution in [0.3, 0.4) is 0 Å². The summed E-state index contributed by atoms with van der Waals surface area (Å²) in [5.74, 6) is 0.727. The molecule has 3 heteroatoms. The third-order valence-corrected chi connectivity index (χ3v) is 9.15. The number of fused-ring (bicyclic) bond motifs is 7. The molecule has 0 aliphatic rings. The van der Waals surface area contributed by atoms with Gasteiger partial charge in [-0.05, 0) is 64.0 Å². The Hall–Kier alpha value is -6.06. The second-order valence-corrected chi connectivity index (χ2v) is 11.9. The number of para-hydroxylation sites is 1. The van der Waals surface area contributed by atoms with Crippen molar-refractivity contribution in [3.63, 3.8) is 0 Å². The Morgan fingerprint density at radius 3 is 2.04 bits per heavy atom. The Bertz CT molecular complexity index is 2580. The predicted molar refractivity (Wildman–Crippen MR) is 192 cm³/mol. The van der Waals surface area contributed by atoms with E-state index in [1.165, 1.54) is 43.4 Å². The maximum atomic E-state index is 5.10. The Morgan fingerprint density at radius 1 is 0.522 bits per heavy atom. The highest BCUT2D eigenvalue weighted by atomic mass is 15.0. The van der Waals surface area contributed by atoms with Gasteiger partial charge in [-0.15, -0.1) is 0 Å². The first-order valence-corrected chi connectivity index (χ1v) is 15.7. The highest BCUT2D eigenvalue weighted by molar-refractivity contribution is 6.26. The number of aryl methyl sites for hydroxylation is 1. The Kier molecular flexibility index (Phi) is 6.04. The van der Waals surface area contributed by atoms with Crippen LogP contribution < -0.4 is 0 Å². The average Bonchev–Trinajstić information content (AvgIpc) is 3.48. The number of aromatic nitrogens is 3. The third kappa shape index (κ3) is 4.13. The van der Waals surface area contributed by atoms with E-state index in [1.807, 2.05) is 12.3 Å². The lowest BCUT2D eigenvalue weighted by molar-refractivity contribution is 1.14. The molecule has 0 atom stereocenters. The minimum absolute atomic E-state index is 0.727. The van der Waals surface area contributed by atoms with E-state index in [1.54, 1.807) is 0 Å². The monoisotopic (exact) mass is 587 g/mol. The third-order valence-electron chi connectivity index (χ3n) is 9.15. The molecule has 0 saturated heterocycles. The smallest absolute Gasteiger partial charge is 0.160 e. The summed E-state index contributed by atoms with van der Waals surface area (Å²) in [6.45, 7) is 2.07. The first-order chi connectivity index (χ1) is 22.7. The van der Waals surface area contributed by atoms with Crippen LogP contribution >= 0.6 is 0 Å². The fourth-order valence-corrected chi connectivity index (χ4v) is 7.00. The van der Waals surface area contributed by atoms with Gasteiger partial charge in [0.2, 0.25) is 0 Å². The van der Waals surface area contributed by atoms with Crippen LogP contribution in [0.1, 0.15) is 5.56 Å². The van der Waals surface area contributed by atoms with Crippen LogP contribution in [0.4, 0.5) is 0 Å². The fourth-order valence-electron chi connectivity index (χ4n) is 7.00. The van der Waals surface area contributed by atoms with Crippen molar-refractivity contribution in [3.8, 4) is 39.5 Å². The van der Waals surface area contributed by atoms with Crippen molar-refractivity contribution in [2.45, 2.75) is 6.92 Å². The molecule has 2 aromatic heterocycles. The van der Waals surface area contributed by atoms with Crippen molar-refractivity contribution in [2.75, 3.05) is 0 Å². The van der Waals surface area contributed by atoms with E-state index in [0.717, 1.165) is 45.0 Å². The van der Waals surface area contributed by atoms with Gasteiger partial charge in [0.05, 0.1) is 16.7 Å². The summed E-state index contributed by atoms with van der Waals surface area (Å²) < 4.78 is 2.43. The van der Waals surface area contributed by atoms with Crippen LogP contribution in [0.2, 0.25) is 0 Å². The van der Waals surface area contributed by atoms with Gasteiger partial charge in [-0.25, -0.2) is 9.97 Å². The normalized spacial score (nSPS) is 11.6. The molecule has 0 bridgehead atoms. The largest absolute Gasteiger partial charge is 0.309 e. The van der Waals surface area contributed by atoms with Gasteiger partial charge in [-0.3, -0.25) is 0 Å². The van der Waals surface area contributed by atoms with Crippen molar-refractivity contribution in [1.82, 2.24) is 14.5 Å². The molecule has 0 radical (unpaired) electrons. The molecule has 2 heterocycles. The number of benzene rings is 7. The fraction of sp³-hybridized carbons (Fsp3) is 0.0233. The molecule has 9 aromatic rings. The molecule has 0 spiro atoms. The van der Waals surface area contributed by atoms with Crippen molar-refractivity contribution in [1.29, 1.82) is 0 Å². The van der Waals surface area contributed by atoms with Crippen LogP contribution in [0, 0.1) is 6.92 Å². The highest BCUT2D eigenvalue weighted by Gasteiger charge is 2.18. The predicted octanol–water partition coefficient (Wildman–Crippen LogP) is 11.2. The Labute approximate surface area is 267 Å². The lowest BCUT2D eigenvalue weighted by Crippen LogP contribution is -1.97. The van der Waals surface area contributed by atoms with E-state index in [0.29, 0.717) is 0 Å². The van der Waals surface area contributed by atoms with Gasteiger partial charge in [-0.2, -0.15) is 0 Å². The summed E-state index contributed by atoms with van der Waals surface area (Å²) >= 11 is 0. The molecule has 0 aliphatic heterocycles. The summed E-state index contributed by atoms with van der Waals surface area (Å²) in [7, 11) is 0. The van der Waals surface area contributed by atoms with Crippen molar-refractivity contribution < 1.29 is 0 Å². The van der Waals surface area contributed by atoms with Gasteiger partial charge in [-0.1, -0.05) is 127 Å². The maximum absolute atomic E-state index is 5.10. The zero-order valence-electron chi connectivity index (χ0n) is 25.4. The van der Waals surface area contributed by atoms with Crippen molar-refractivity contribution in [3.05, 3.63) is 163 Å². The van der Waals surface area contributed by atoms with Gasteiger partial charge in [0, 0.05) is 39.2 Å². The van der Waals surface area contributed by atoms with Gasteiger partial charge >= 0.3 is 0 Å². The minimum atomic E-state index is 0.727. The quantitative estimate of drug-likeness (QED) is 0.205.